The number of hydrogen-bond acceptors (Lipinski definition) is 6. The summed E-state index contributed by atoms with van der Waals surface area (Å²) < 4.78 is 4.73. The highest BCUT2D eigenvalue weighted by Gasteiger charge is 2.19. The van der Waals surface area contributed by atoms with Crippen LogP contribution < -0.4 is 15.5 Å². The molecule has 140 valence electrons. The van der Waals surface area contributed by atoms with Gasteiger partial charge in [0.05, 0.1) is 12.5 Å². The van der Waals surface area contributed by atoms with Gasteiger partial charge in [-0.3, -0.25) is 4.90 Å². The molecule has 27 heavy (non-hydrogen) atoms. The van der Waals surface area contributed by atoms with Gasteiger partial charge in [-0.15, -0.1) is 0 Å². The van der Waals surface area contributed by atoms with Gasteiger partial charge in [-0.05, 0) is 49.6 Å². The Kier molecular flexibility index (Phi) is 4.53. The molecule has 0 radical (unpaired) electrons. The van der Waals surface area contributed by atoms with Crippen molar-refractivity contribution in [2.24, 2.45) is 0 Å². The smallest absolute Gasteiger partial charge is 0.413 e. The molecule has 3 aromatic rings. The van der Waals surface area contributed by atoms with Crippen LogP contribution in [0.15, 0.2) is 36.5 Å². The van der Waals surface area contributed by atoms with Gasteiger partial charge in [0.25, 0.3) is 0 Å². The number of nitrogens with zero attached hydrogens (tertiary/aromatic N) is 3. The summed E-state index contributed by atoms with van der Waals surface area (Å²) in [5, 5.41) is 7.72. The van der Waals surface area contributed by atoms with Crippen LogP contribution in [0.5, 0.6) is 0 Å². The van der Waals surface area contributed by atoms with E-state index in [4.69, 9.17) is 4.74 Å². The van der Waals surface area contributed by atoms with E-state index >= 15 is 0 Å². The second kappa shape index (κ2) is 7.14. The lowest BCUT2D eigenvalue weighted by molar-refractivity contribution is 0.180. The molecule has 8 nitrogen and oxygen atoms in total. The van der Waals surface area contributed by atoms with Crippen LogP contribution in [-0.4, -0.2) is 41.2 Å². The lowest BCUT2D eigenvalue weighted by atomic mass is 9.93. The van der Waals surface area contributed by atoms with Gasteiger partial charge in [0, 0.05) is 30.7 Å². The van der Waals surface area contributed by atoms with Crippen molar-refractivity contribution in [3.63, 3.8) is 0 Å². The average molecular weight is 366 g/mol. The Bertz CT molecular complexity index is 948. The molecular weight excluding hydrogens is 344 g/mol. The molecule has 2 heterocycles. The van der Waals surface area contributed by atoms with Gasteiger partial charge in [-0.25, -0.2) is 4.79 Å². The lowest BCUT2D eigenvalue weighted by Crippen LogP contribution is -2.27. The summed E-state index contributed by atoms with van der Waals surface area (Å²) in [6.07, 6.45) is 5.06. The van der Waals surface area contributed by atoms with Crippen LogP contribution in [0, 0.1) is 0 Å². The van der Waals surface area contributed by atoms with E-state index in [1.54, 1.807) is 7.05 Å². The minimum atomic E-state index is -0.414. The molecule has 1 fully saturated rings. The number of anilines is 4. The number of methoxy groups -OCH3 is 1. The van der Waals surface area contributed by atoms with Gasteiger partial charge in [-0.1, -0.05) is 0 Å². The fourth-order valence-electron chi connectivity index (χ4n) is 2.99. The van der Waals surface area contributed by atoms with Crippen molar-refractivity contribution in [1.29, 1.82) is 0 Å². The highest BCUT2D eigenvalue weighted by atomic mass is 16.5. The first-order valence-electron chi connectivity index (χ1n) is 8.94. The second-order valence-electron chi connectivity index (χ2n) is 6.61. The number of benzene rings is 1. The number of carbonyl (C=O) groups excluding carboxylic acids is 1. The summed E-state index contributed by atoms with van der Waals surface area (Å²) in [5.74, 6) is 1.36. The normalized spacial score (nSPS) is 13.9. The van der Waals surface area contributed by atoms with Gasteiger partial charge in [-0.2, -0.15) is 9.97 Å². The Morgan fingerprint density at radius 1 is 1.22 bits per heavy atom. The van der Waals surface area contributed by atoms with E-state index in [1.807, 2.05) is 36.5 Å². The number of ether oxygens (including phenoxy) is 1. The van der Waals surface area contributed by atoms with Gasteiger partial charge < -0.3 is 20.4 Å². The van der Waals surface area contributed by atoms with E-state index in [0.717, 1.165) is 28.2 Å². The van der Waals surface area contributed by atoms with Crippen molar-refractivity contribution < 1.29 is 9.53 Å². The first-order chi connectivity index (χ1) is 13.1. The van der Waals surface area contributed by atoms with Crippen molar-refractivity contribution >= 4 is 40.3 Å². The molecule has 1 amide bonds. The monoisotopic (exact) mass is 366 g/mol. The minimum absolute atomic E-state index is 0.414. The van der Waals surface area contributed by atoms with Crippen LogP contribution in [-0.2, 0) is 4.74 Å². The highest BCUT2D eigenvalue weighted by molar-refractivity contribution is 5.89. The van der Waals surface area contributed by atoms with Crippen LogP contribution in [0.4, 0.5) is 27.9 Å². The molecule has 3 N–H and O–H groups in total. The van der Waals surface area contributed by atoms with E-state index in [0.29, 0.717) is 12.0 Å². The maximum Gasteiger partial charge on any atom is 0.413 e. The fourth-order valence-corrected chi connectivity index (χ4v) is 2.99. The molecule has 8 heteroatoms. The Labute approximate surface area is 157 Å². The third-order valence-electron chi connectivity index (χ3n) is 4.82. The third kappa shape index (κ3) is 3.51. The molecule has 1 aliphatic carbocycles. The van der Waals surface area contributed by atoms with Crippen molar-refractivity contribution in [2.45, 2.75) is 25.3 Å². The van der Waals surface area contributed by atoms with E-state index in [-0.39, 0.29) is 0 Å². The Hall–Kier alpha value is -3.29. The van der Waals surface area contributed by atoms with E-state index in [1.165, 1.54) is 31.3 Å². The molecule has 0 aliphatic heterocycles. The SMILES string of the molecule is COC(=O)N(C)c1ccc(Nc2nc(NC3CCC3)c3cc[nH]c3n2)cc1. The van der Waals surface area contributed by atoms with E-state index in [9.17, 15) is 4.79 Å². The van der Waals surface area contributed by atoms with Crippen LogP contribution in [0.25, 0.3) is 11.0 Å². The third-order valence-corrected chi connectivity index (χ3v) is 4.82. The van der Waals surface area contributed by atoms with E-state index < -0.39 is 6.09 Å². The standard InChI is InChI=1S/C19H22N6O2/c1-25(19(26)27-2)14-8-6-13(7-9-14)22-18-23-16-15(10-11-20-16)17(24-18)21-12-4-3-5-12/h6-12H,3-5H2,1-2H3,(H3,20,21,22,23,24). The first kappa shape index (κ1) is 17.1. The number of fused-ring (bicyclic) bond motifs is 1. The lowest BCUT2D eigenvalue weighted by Gasteiger charge is -2.27. The number of rotatable bonds is 5. The maximum absolute atomic E-state index is 11.6. The molecule has 2 aromatic heterocycles. The van der Waals surface area contributed by atoms with Crippen LogP contribution >= 0.6 is 0 Å². The van der Waals surface area contributed by atoms with Crippen LogP contribution in [0.1, 0.15) is 19.3 Å². The van der Waals surface area contributed by atoms with Crippen molar-refractivity contribution in [3.05, 3.63) is 36.5 Å². The number of amides is 1. The molecule has 0 bridgehead atoms. The molecule has 0 spiro atoms. The van der Waals surface area contributed by atoms with Crippen LogP contribution in [0.2, 0.25) is 0 Å². The van der Waals surface area contributed by atoms with Crippen LogP contribution in [0.3, 0.4) is 0 Å². The number of H-pyrrole nitrogens is 1. The zero-order valence-corrected chi connectivity index (χ0v) is 15.3. The summed E-state index contributed by atoms with van der Waals surface area (Å²) in [6.45, 7) is 0. The number of nitrogens with one attached hydrogen (secondary N) is 3. The van der Waals surface area contributed by atoms with Crippen molar-refractivity contribution in [2.75, 3.05) is 29.7 Å². The first-order valence-corrected chi connectivity index (χ1v) is 8.94. The quantitative estimate of drug-likeness (QED) is 0.634. The van der Waals surface area contributed by atoms with Crippen molar-refractivity contribution in [1.82, 2.24) is 15.0 Å². The Morgan fingerprint density at radius 3 is 2.67 bits per heavy atom. The molecule has 1 aromatic carbocycles. The largest absolute Gasteiger partial charge is 0.452 e. The molecule has 4 rings (SSSR count). The van der Waals surface area contributed by atoms with Gasteiger partial charge in [0.2, 0.25) is 5.95 Å². The average Bonchev–Trinajstić information content (AvgIpc) is 3.12. The van der Waals surface area contributed by atoms with Gasteiger partial charge >= 0.3 is 6.09 Å². The molecule has 1 saturated carbocycles. The minimum Gasteiger partial charge on any atom is -0.452 e. The van der Waals surface area contributed by atoms with Gasteiger partial charge in [0.1, 0.15) is 11.5 Å². The summed E-state index contributed by atoms with van der Waals surface area (Å²) in [5.41, 5.74) is 2.36. The second-order valence-corrected chi connectivity index (χ2v) is 6.61. The highest BCUT2D eigenvalue weighted by Crippen LogP contribution is 2.28. The van der Waals surface area contributed by atoms with E-state index in [2.05, 4.69) is 25.6 Å². The molecule has 1 aliphatic rings. The molecule has 0 unspecified atom stereocenters. The summed E-state index contributed by atoms with van der Waals surface area (Å²) in [6, 6.07) is 9.88. The summed E-state index contributed by atoms with van der Waals surface area (Å²) >= 11 is 0. The number of aromatic nitrogens is 3. The summed E-state index contributed by atoms with van der Waals surface area (Å²) in [7, 11) is 3.02. The zero-order valence-electron chi connectivity index (χ0n) is 15.3. The predicted molar refractivity (Wildman–Crippen MR) is 106 cm³/mol. The number of hydrogen-bond donors (Lipinski definition) is 3. The maximum atomic E-state index is 11.6. The molecule has 0 saturated heterocycles. The summed E-state index contributed by atoms with van der Waals surface area (Å²) in [4.78, 5) is 25.4. The Balaban J connectivity index is 1.55. The molecular formula is C19H22N6O2. The predicted octanol–water partition coefficient (Wildman–Crippen LogP) is 3.87. The fraction of sp³-hybridized carbons (Fsp3) is 0.316. The number of aromatic amines is 1. The molecule has 0 atom stereocenters. The Morgan fingerprint density at radius 2 is 2.00 bits per heavy atom. The zero-order chi connectivity index (χ0) is 18.8. The topological polar surface area (TPSA) is 95.2 Å². The van der Waals surface area contributed by atoms with Crippen molar-refractivity contribution in [3.8, 4) is 0 Å². The number of carbonyl (C=O) groups is 1. The van der Waals surface area contributed by atoms with Gasteiger partial charge in [0.15, 0.2) is 0 Å².